The molecule has 0 heterocycles. The Hall–Kier alpha value is -4.65. The number of rotatable bonds is 14. The number of ether oxygens (including phenoxy) is 4. The van der Waals surface area contributed by atoms with Crippen molar-refractivity contribution in [1.29, 1.82) is 0 Å². The fourth-order valence-electron chi connectivity index (χ4n) is 3.81. The summed E-state index contributed by atoms with van der Waals surface area (Å²) in [5.74, 6) is 0.188. The molecular weight excluding hydrogens is 496 g/mol. The molecule has 202 valence electrons. The molecule has 39 heavy (non-hydrogen) atoms. The second-order valence-electron chi connectivity index (χ2n) is 8.55. The van der Waals surface area contributed by atoms with E-state index < -0.39 is 11.9 Å². The van der Waals surface area contributed by atoms with Crippen molar-refractivity contribution in [3.63, 3.8) is 0 Å². The monoisotopic (exact) mass is 528 g/mol. The normalized spacial score (nSPS) is 10.3. The minimum absolute atomic E-state index is 0.265. The Bertz CT molecular complexity index is 1290. The van der Waals surface area contributed by atoms with Gasteiger partial charge in [0.25, 0.3) is 0 Å². The fraction of sp³-hybridized carbons (Fsp3) is 0.219. The Kier molecular flexibility index (Phi) is 11.1. The van der Waals surface area contributed by atoms with Gasteiger partial charge in [0.05, 0.1) is 18.4 Å². The van der Waals surface area contributed by atoms with Crippen LogP contribution in [0.15, 0.2) is 92.2 Å². The van der Waals surface area contributed by atoms with Crippen molar-refractivity contribution in [3.05, 3.63) is 103 Å². The van der Waals surface area contributed by atoms with E-state index in [1.54, 1.807) is 6.07 Å². The summed E-state index contributed by atoms with van der Waals surface area (Å²) in [5.41, 5.74) is 3.45. The van der Waals surface area contributed by atoms with Crippen LogP contribution in [0.3, 0.4) is 0 Å². The van der Waals surface area contributed by atoms with Crippen LogP contribution in [0.1, 0.15) is 48.5 Å². The molecule has 0 unspecified atom stereocenters. The number of hydrogen-bond donors (Lipinski definition) is 0. The van der Waals surface area contributed by atoms with E-state index in [2.05, 4.69) is 13.2 Å². The van der Waals surface area contributed by atoms with Gasteiger partial charge in [0.15, 0.2) is 0 Å². The van der Waals surface area contributed by atoms with Crippen LogP contribution in [0.2, 0.25) is 0 Å². The average molecular weight is 529 g/mol. The Balaban J connectivity index is 1.54. The second-order valence-corrected chi connectivity index (χ2v) is 8.55. The molecule has 0 saturated carbocycles. The topological polar surface area (TPSA) is 88.1 Å². The second kappa shape index (κ2) is 14.9. The molecule has 0 fully saturated rings. The van der Waals surface area contributed by atoms with Crippen molar-refractivity contribution in [2.24, 2.45) is 0 Å². The van der Waals surface area contributed by atoms with E-state index in [4.69, 9.17) is 18.9 Å². The van der Waals surface area contributed by atoms with Gasteiger partial charge in [0.2, 0.25) is 0 Å². The van der Waals surface area contributed by atoms with Gasteiger partial charge in [-0.1, -0.05) is 38.3 Å². The molecule has 0 aliphatic rings. The lowest BCUT2D eigenvalue weighted by Gasteiger charge is -2.12. The molecule has 7 heteroatoms. The maximum atomic E-state index is 12.6. The summed E-state index contributed by atoms with van der Waals surface area (Å²) in [7, 11) is 0. The van der Waals surface area contributed by atoms with Crippen molar-refractivity contribution >= 4 is 17.9 Å². The number of benzene rings is 3. The van der Waals surface area contributed by atoms with Crippen LogP contribution in [-0.2, 0) is 20.7 Å². The molecule has 3 aromatic carbocycles. The van der Waals surface area contributed by atoms with Gasteiger partial charge in [-0.3, -0.25) is 4.79 Å². The van der Waals surface area contributed by atoms with Gasteiger partial charge in [-0.05, 0) is 90.9 Å². The van der Waals surface area contributed by atoms with Gasteiger partial charge < -0.3 is 18.9 Å². The van der Waals surface area contributed by atoms with E-state index >= 15 is 0 Å². The van der Waals surface area contributed by atoms with E-state index in [-0.39, 0.29) is 5.97 Å². The lowest BCUT2D eigenvalue weighted by atomic mass is 9.98. The maximum Gasteiger partial charge on any atom is 0.343 e. The summed E-state index contributed by atoms with van der Waals surface area (Å²) in [5, 5.41) is 0. The van der Waals surface area contributed by atoms with Gasteiger partial charge in [-0.25, -0.2) is 9.59 Å². The van der Waals surface area contributed by atoms with E-state index in [0.29, 0.717) is 30.1 Å². The van der Waals surface area contributed by atoms with Crippen molar-refractivity contribution in [2.45, 2.75) is 39.0 Å². The first kappa shape index (κ1) is 28.9. The lowest BCUT2D eigenvalue weighted by molar-refractivity contribution is -0.138. The zero-order chi connectivity index (χ0) is 28.0. The SMILES string of the molecule is C=COC(=O)CCCCCOc1ccc(-c2ccc(OC(=O)c3ccc(OC(=O)C=C)cc3)cc2CC)cc1. The van der Waals surface area contributed by atoms with E-state index in [0.717, 1.165) is 60.5 Å². The highest BCUT2D eigenvalue weighted by Crippen LogP contribution is 2.30. The molecule has 0 amide bonds. The summed E-state index contributed by atoms with van der Waals surface area (Å²) < 4.78 is 21.1. The largest absolute Gasteiger partial charge is 0.494 e. The average Bonchev–Trinajstić information content (AvgIpc) is 2.95. The number of hydrogen-bond acceptors (Lipinski definition) is 7. The van der Waals surface area contributed by atoms with E-state index in [1.165, 1.54) is 24.3 Å². The first-order chi connectivity index (χ1) is 18.9. The third kappa shape index (κ3) is 9.00. The molecule has 0 aliphatic heterocycles. The van der Waals surface area contributed by atoms with Crippen molar-refractivity contribution < 1.29 is 33.3 Å². The van der Waals surface area contributed by atoms with Gasteiger partial charge >= 0.3 is 17.9 Å². The smallest absolute Gasteiger partial charge is 0.343 e. The lowest BCUT2D eigenvalue weighted by Crippen LogP contribution is -2.09. The number of esters is 3. The first-order valence-electron chi connectivity index (χ1n) is 12.8. The summed E-state index contributed by atoms with van der Waals surface area (Å²) in [6.07, 6.45) is 5.81. The summed E-state index contributed by atoms with van der Waals surface area (Å²) >= 11 is 0. The molecule has 0 N–H and O–H groups in total. The minimum atomic E-state index is -0.573. The molecule has 0 aliphatic carbocycles. The van der Waals surface area contributed by atoms with Crippen LogP contribution in [-0.4, -0.2) is 24.5 Å². The van der Waals surface area contributed by atoms with Crippen LogP contribution in [0.5, 0.6) is 17.2 Å². The molecule has 3 rings (SSSR count). The van der Waals surface area contributed by atoms with Crippen molar-refractivity contribution in [3.8, 4) is 28.4 Å². The molecule has 0 saturated heterocycles. The van der Waals surface area contributed by atoms with Crippen molar-refractivity contribution in [2.75, 3.05) is 6.61 Å². The quantitative estimate of drug-likeness (QED) is 0.0743. The first-order valence-corrected chi connectivity index (χ1v) is 12.8. The maximum absolute atomic E-state index is 12.6. The van der Waals surface area contributed by atoms with Gasteiger partial charge in [-0.15, -0.1) is 0 Å². The Morgan fingerprint density at radius 2 is 1.49 bits per heavy atom. The Morgan fingerprint density at radius 1 is 0.795 bits per heavy atom. The third-order valence-electron chi connectivity index (χ3n) is 5.82. The third-order valence-corrected chi connectivity index (χ3v) is 5.82. The molecule has 0 bridgehead atoms. The number of aryl methyl sites for hydroxylation is 1. The van der Waals surface area contributed by atoms with Crippen LogP contribution in [0.25, 0.3) is 11.1 Å². The number of carbonyl (C=O) groups is 3. The van der Waals surface area contributed by atoms with E-state index in [9.17, 15) is 14.4 Å². The fourth-order valence-corrected chi connectivity index (χ4v) is 3.81. The predicted octanol–water partition coefficient (Wildman–Crippen LogP) is 6.85. The van der Waals surface area contributed by atoms with Crippen molar-refractivity contribution in [1.82, 2.24) is 0 Å². The number of carbonyl (C=O) groups excluding carboxylic acids is 3. The zero-order valence-corrected chi connectivity index (χ0v) is 22.0. The zero-order valence-electron chi connectivity index (χ0n) is 22.0. The van der Waals surface area contributed by atoms with Crippen LogP contribution < -0.4 is 14.2 Å². The highest BCUT2D eigenvalue weighted by Gasteiger charge is 2.12. The van der Waals surface area contributed by atoms with Crippen LogP contribution in [0, 0.1) is 0 Å². The molecule has 0 spiro atoms. The molecular formula is C32H32O7. The Labute approximate surface area is 228 Å². The molecule has 0 radical (unpaired) electrons. The summed E-state index contributed by atoms with van der Waals surface area (Å²) in [4.78, 5) is 35.2. The van der Waals surface area contributed by atoms with Crippen LogP contribution >= 0.6 is 0 Å². The molecule has 7 nitrogen and oxygen atoms in total. The summed E-state index contributed by atoms with van der Waals surface area (Å²) in [6.45, 7) is 9.33. The molecule has 0 aromatic heterocycles. The van der Waals surface area contributed by atoms with E-state index in [1.807, 2.05) is 43.3 Å². The summed E-state index contributed by atoms with van der Waals surface area (Å²) in [6, 6.07) is 19.5. The Morgan fingerprint density at radius 3 is 2.15 bits per heavy atom. The molecule has 0 atom stereocenters. The highest BCUT2D eigenvalue weighted by molar-refractivity contribution is 5.91. The molecule has 3 aromatic rings. The van der Waals surface area contributed by atoms with Gasteiger partial charge in [0.1, 0.15) is 17.2 Å². The predicted molar refractivity (Wildman–Crippen MR) is 149 cm³/mol. The number of unbranched alkanes of at least 4 members (excludes halogenated alkanes) is 2. The van der Waals surface area contributed by atoms with Gasteiger partial charge in [0, 0.05) is 12.5 Å². The standard InChI is InChI=1S/C32H32O7/c1-4-23-22-28(39-32(35)25-13-17-27(18-14-25)38-30(33)5-2)19-20-29(23)24-11-15-26(16-12-24)37-21-9-7-8-10-31(34)36-6-3/h5-6,11-20,22H,2-4,7-10,21H2,1H3. The van der Waals surface area contributed by atoms with Gasteiger partial charge in [-0.2, -0.15) is 0 Å². The van der Waals surface area contributed by atoms with Crippen LogP contribution in [0.4, 0.5) is 0 Å². The highest BCUT2D eigenvalue weighted by atomic mass is 16.5. The minimum Gasteiger partial charge on any atom is -0.494 e.